The lowest BCUT2D eigenvalue weighted by atomic mass is 10.2. The molecular weight excluding hydrogens is 487 g/mol. The van der Waals surface area contributed by atoms with Crippen LogP contribution in [-0.2, 0) is 11.3 Å². The van der Waals surface area contributed by atoms with Crippen LogP contribution in [0.5, 0.6) is 0 Å². The van der Waals surface area contributed by atoms with E-state index >= 15 is 0 Å². The Morgan fingerprint density at radius 3 is 2.73 bits per heavy atom. The van der Waals surface area contributed by atoms with Crippen LogP contribution in [0.15, 0.2) is 80.4 Å². The number of rotatable bonds is 6. The maximum atomic E-state index is 13.1. The zero-order valence-corrected chi connectivity index (χ0v) is 19.0. The van der Waals surface area contributed by atoms with Crippen LogP contribution in [0.2, 0.25) is 10.0 Å². The summed E-state index contributed by atoms with van der Waals surface area (Å²) >= 11 is 13.5. The molecule has 1 amide bonds. The lowest BCUT2D eigenvalue weighted by Crippen LogP contribution is -2.28. The first-order valence-electron chi connectivity index (χ1n) is 9.45. The predicted octanol–water partition coefficient (Wildman–Crippen LogP) is 6.00. The number of amidine groups is 1. The van der Waals surface area contributed by atoms with Crippen LogP contribution in [-0.4, -0.2) is 27.1 Å². The van der Waals surface area contributed by atoms with Gasteiger partial charge >= 0.3 is 0 Å². The molecule has 33 heavy (non-hydrogen) atoms. The highest BCUT2D eigenvalue weighted by Gasteiger charge is 2.34. The maximum absolute atomic E-state index is 13.1. The predicted molar refractivity (Wildman–Crippen MR) is 129 cm³/mol. The van der Waals surface area contributed by atoms with Crippen LogP contribution in [0.4, 0.5) is 5.69 Å². The van der Waals surface area contributed by atoms with E-state index in [1.807, 2.05) is 0 Å². The first-order valence-corrected chi connectivity index (χ1v) is 11.0. The van der Waals surface area contributed by atoms with Gasteiger partial charge in [-0.3, -0.25) is 19.8 Å². The molecule has 11 heteroatoms. The topological polar surface area (TPSA) is 101 Å². The summed E-state index contributed by atoms with van der Waals surface area (Å²) in [6, 6.07) is 14.6. The second kappa shape index (κ2) is 10.0. The largest absolute Gasteiger partial charge is 0.467 e. The number of hydrogen-bond acceptors (Lipinski definition) is 7. The summed E-state index contributed by atoms with van der Waals surface area (Å²) in [6.45, 7) is 0.157. The molecule has 1 saturated heterocycles. The lowest BCUT2D eigenvalue weighted by Gasteiger charge is -2.12. The highest BCUT2D eigenvalue weighted by molar-refractivity contribution is 8.18. The molecule has 0 N–H and O–H groups in total. The normalized spacial score (nSPS) is 16.4. The molecule has 1 aliphatic rings. The fraction of sp³-hybridized carbons (Fsp3) is 0.0455. The molecule has 1 fully saturated rings. The number of carbonyl (C=O) groups excluding carboxylic acids is 1. The zero-order chi connectivity index (χ0) is 23.4. The molecule has 2 heterocycles. The van der Waals surface area contributed by atoms with E-state index in [0.29, 0.717) is 37.0 Å². The molecule has 0 aliphatic carbocycles. The van der Waals surface area contributed by atoms with Gasteiger partial charge in [0, 0.05) is 17.7 Å². The van der Waals surface area contributed by atoms with Gasteiger partial charge < -0.3 is 4.42 Å². The Balaban J connectivity index is 1.64. The van der Waals surface area contributed by atoms with Crippen molar-refractivity contribution in [2.75, 3.05) is 0 Å². The first-order chi connectivity index (χ1) is 15.9. The minimum atomic E-state index is -0.488. The molecule has 0 bridgehead atoms. The van der Waals surface area contributed by atoms with E-state index in [-0.39, 0.29) is 18.1 Å². The Morgan fingerprint density at radius 1 is 1.15 bits per heavy atom. The van der Waals surface area contributed by atoms with Gasteiger partial charge in [0.25, 0.3) is 11.6 Å². The Bertz CT molecular complexity index is 1310. The van der Waals surface area contributed by atoms with E-state index in [1.54, 1.807) is 48.5 Å². The van der Waals surface area contributed by atoms with Crippen molar-refractivity contribution in [1.29, 1.82) is 0 Å². The van der Waals surface area contributed by atoms with E-state index in [1.165, 1.54) is 29.5 Å². The van der Waals surface area contributed by atoms with Crippen molar-refractivity contribution in [2.45, 2.75) is 6.54 Å². The van der Waals surface area contributed by atoms with Crippen LogP contribution in [0.25, 0.3) is 6.08 Å². The number of benzene rings is 2. The number of nitro benzene ring substituents is 1. The lowest BCUT2D eigenvalue weighted by molar-refractivity contribution is -0.384. The van der Waals surface area contributed by atoms with Crippen LogP contribution in [0, 0.1) is 10.1 Å². The van der Waals surface area contributed by atoms with Gasteiger partial charge in [0.1, 0.15) is 5.76 Å². The molecule has 1 aliphatic heterocycles. The number of hydrogen-bond donors (Lipinski definition) is 0. The Labute approximate surface area is 202 Å². The molecule has 166 valence electrons. The van der Waals surface area contributed by atoms with Crippen LogP contribution in [0.3, 0.4) is 0 Å². The average Bonchev–Trinajstić information content (AvgIpc) is 3.41. The Hall–Kier alpha value is -3.40. The highest BCUT2D eigenvalue weighted by atomic mass is 35.5. The third-order valence-electron chi connectivity index (χ3n) is 4.48. The summed E-state index contributed by atoms with van der Waals surface area (Å²) < 4.78 is 5.37. The number of non-ortho nitro benzene ring substituents is 1. The molecule has 0 saturated carbocycles. The third kappa shape index (κ3) is 5.33. The van der Waals surface area contributed by atoms with Crippen molar-refractivity contribution in [3.8, 4) is 0 Å². The van der Waals surface area contributed by atoms with Gasteiger partial charge in [-0.05, 0) is 41.6 Å². The number of thioether (sulfide) groups is 1. The van der Waals surface area contributed by atoms with Crippen molar-refractivity contribution in [3.05, 3.63) is 103 Å². The maximum Gasteiger partial charge on any atom is 0.270 e. The van der Waals surface area contributed by atoms with Gasteiger partial charge in [0.15, 0.2) is 5.17 Å². The van der Waals surface area contributed by atoms with Crippen molar-refractivity contribution >= 4 is 64.0 Å². The fourth-order valence-electron chi connectivity index (χ4n) is 2.92. The average molecular weight is 501 g/mol. The van der Waals surface area contributed by atoms with E-state index in [0.717, 1.165) is 11.8 Å². The first kappa shape index (κ1) is 22.8. The quantitative estimate of drug-likeness (QED) is 0.178. The SMILES string of the molecule is O=C1/C(=C/c2cccc(Cl)c2Cl)S/C(=N\N=C\c2cccc([N+](=O)[O-])c2)N1Cc1ccco1. The van der Waals surface area contributed by atoms with Crippen LogP contribution in [0.1, 0.15) is 16.9 Å². The van der Waals surface area contributed by atoms with Gasteiger partial charge in [-0.1, -0.05) is 47.5 Å². The summed E-state index contributed by atoms with van der Waals surface area (Å²) in [7, 11) is 0. The number of furan rings is 1. The molecule has 8 nitrogen and oxygen atoms in total. The van der Waals surface area contributed by atoms with Crippen molar-refractivity contribution in [1.82, 2.24) is 4.90 Å². The highest BCUT2D eigenvalue weighted by Crippen LogP contribution is 2.36. The Morgan fingerprint density at radius 2 is 1.97 bits per heavy atom. The summed E-state index contributed by atoms with van der Waals surface area (Å²) in [5, 5.41) is 20.2. The summed E-state index contributed by atoms with van der Waals surface area (Å²) in [5.41, 5.74) is 1.04. The van der Waals surface area contributed by atoms with Gasteiger partial charge in [0.2, 0.25) is 0 Å². The van der Waals surface area contributed by atoms with E-state index in [2.05, 4.69) is 10.2 Å². The molecule has 1 aromatic heterocycles. The van der Waals surface area contributed by atoms with Crippen molar-refractivity contribution < 1.29 is 14.1 Å². The number of carbonyl (C=O) groups is 1. The molecule has 0 radical (unpaired) electrons. The second-order valence-corrected chi connectivity index (χ2v) is 8.50. The third-order valence-corrected chi connectivity index (χ3v) is 6.31. The Kier molecular flexibility index (Phi) is 6.93. The molecule has 0 unspecified atom stereocenters. The van der Waals surface area contributed by atoms with Gasteiger partial charge in [-0.25, -0.2) is 0 Å². The number of nitrogens with zero attached hydrogens (tertiary/aromatic N) is 4. The monoisotopic (exact) mass is 500 g/mol. The van der Waals surface area contributed by atoms with E-state index in [9.17, 15) is 14.9 Å². The zero-order valence-electron chi connectivity index (χ0n) is 16.7. The molecule has 3 aromatic rings. The minimum Gasteiger partial charge on any atom is -0.467 e. The molecule has 0 spiro atoms. The summed E-state index contributed by atoms with van der Waals surface area (Å²) in [4.78, 5) is 25.4. The van der Waals surface area contributed by atoms with Crippen molar-refractivity contribution in [2.24, 2.45) is 10.2 Å². The standard InChI is InChI=1S/C22H14Cl2N4O4S/c23-18-8-2-5-15(20(18)24)11-19-21(29)27(13-17-7-3-9-32-17)22(33-19)26-25-12-14-4-1-6-16(10-14)28(30)31/h1-12H,13H2/b19-11-,25-12+,26-22-. The fourth-order valence-corrected chi connectivity index (χ4v) is 4.21. The van der Waals surface area contributed by atoms with Crippen LogP contribution >= 0.6 is 35.0 Å². The minimum absolute atomic E-state index is 0.0555. The number of amides is 1. The van der Waals surface area contributed by atoms with E-state index in [4.69, 9.17) is 27.6 Å². The number of nitro groups is 1. The van der Waals surface area contributed by atoms with E-state index < -0.39 is 4.92 Å². The van der Waals surface area contributed by atoms with Gasteiger partial charge in [-0.2, -0.15) is 5.10 Å². The summed E-state index contributed by atoms with van der Waals surface area (Å²) in [6.07, 6.45) is 4.54. The summed E-state index contributed by atoms with van der Waals surface area (Å²) in [5.74, 6) is 0.276. The van der Waals surface area contributed by atoms with Crippen molar-refractivity contribution in [3.63, 3.8) is 0 Å². The smallest absolute Gasteiger partial charge is 0.270 e. The van der Waals surface area contributed by atoms with Gasteiger partial charge in [0.05, 0.1) is 38.9 Å². The second-order valence-electron chi connectivity index (χ2n) is 6.70. The molecule has 4 rings (SSSR count). The van der Waals surface area contributed by atoms with Crippen LogP contribution < -0.4 is 0 Å². The molecule has 2 aromatic carbocycles. The number of halogens is 2. The molecular formula is C22H14Cl2N4O4S. The molecule has 0 atom stereocenters. The van der Waals surface area contributed by atoms with Gasteiger partial charge in [-0.15, -0.1) is 5.10 Å².